The van der Waals surface area contributed by atoms with Crippen molar-refractivity contribution >= 4 is 23.0 Å². The average molecular weight is 278 g/mol. The zero-order valence-corrected chi connectivity index (χ0v) is 11.9. The molecule has 2 aromatic rings. The monoisotopic (exact) mass is 278 g/mol. The number of aromatic nitrogens is 2. The molecule has 1 unspecified atom stereocenters. The molecule has 2 heterocycles. The van der Waals surface area contributed by atoms with Crippen LogP contribution in [0.2, 0.25) is 0 Å². The highest BCUT2D eigenvalue weighted by molar-refractivity contribution is 7.07. The maximum atomic E-state index is 10.0. The molecular weight excluding hydrogens is 260 g/mol. The quantitative estimate of drug-likeness (QED) is 0.756. The van der Waals surface area contributed by atoms with Crippen molar-refractivity contribution in [1.82, 2.24) is 9.97 Å². The summed E-state index contributed by atoms with van der Waals surface area (Å²) in [5.74, 6) is 1.60. The molecule has 3 N–H and O–H groups in total. The first-order valence-corrected chi connectivity index (χ1v) is 7.16. The van der Waals surface area contributed by atoms with Crippen molar-refractivity contribution in [2.45, 2.75) is 19.4 Å². The fourth-order valence-corrected chi connectivity index (χ4v) is 2.60. The van der Waals surface area contributed by atoms with Gasteiger partial charge in [-0.05, 0) is 28.8 Å². The van der Waals surface area contributed by atoms with Crippen molar-refractivity contribution in [2.24, 2.45) is 0 Å². The third kappa shape index (κ3) is 3.21. The van der Waals surface area contributed by atoms with Crippen LogP contribution in [-0.4, -0.2) is 28.7 Å². The highest BCUT2D eigenvalue weighted by atomic mass is 32.1. The van der Waals surface area contributed by atoms with Crippen molar-refractivity contribution in [3.63, 3.8) is 0 Å². The van der Waals surface area contributed by atoms with Crippen LogP contribution in [0.25, 0.3) is 0 Å². The average Bonchev–Trinajstić information content (AvgIpc) is 2.98. The largest absolute Gasteiger partial charge is 0.387 e. The van der Waals surface area contributed by atoms with Gasteiger partial charge in [0.15, 0.2) is 0 Å². The van der Waals surface area contributed by atoms with Crippen molar-refractivity contribution in [3.8, 4) is 0 Å². The van der Waals surface area contributed by atoms with Gasteiger partial charge in [-0.15, -0.1) is 0 Å². The highest BCUT2D eigenvalue weighted by Crippen LogP contribution is 2.22. The summed E-state index contributed by atoms with van der Waals surface area (Å²) in [5, 5.41) is 20.2. The molecule has 6 heteroatoms. The second kappa shape index (κ2) is 6.49. The van der Waals surface area contributed by atoms with Crippen LogP contribution in [0.3, 0.4) is 0 Å². The van der Waals surface area contributed by atoms with Gasteiger partial charge in [0.2, 0.25) is 0 Å². The molecule has 1 atom stereocenters. The lowest BCUT2D eigenvalue weighted by molar-refractivity contribution is 0.192. The van der Waals surface area contributed by atoms with Crippen LogP contribution >= 0.6 is 11.3 Å². The molecule has 0 bridgehead atoms. The molecule has 0 spiro atoms. The fraction of sp³-hybridized carbons (Fsp3) is 0.385. The van der Waals surface area contributed by atoms with E-state index >= 15 is 0 Å². The Labute approximate surface area is 116 Å². The first-order valence-electron chi connectivity index (χ1n) is 6.22. The predicted octanol–water partition coefficient (Wildman–Crippen LogP) is 2.29. The molecule has 0 aromatic carbocycles. The normalized spacial score (nSPS) is 12.2. The Morgan fingerprint density at radius 1 is 1.37 bits per heavy atom. The second-order valence-corrected chi connectivity index (χ2v) is 4.89. The minimum absolute atomic E-state index is 0.434. The molecule has 0 fully saturated rings. The third-order valence-electron chi connectivity index (χ3n) is 2.93. The number of nitrogens with one attached hydrogen (secondary N) is 2. The molecule has 2 rings (SSSR count). The molecule has 102 valence electrons. The summed E-state index contributed by atoms with van der Waals surface area (Å²) in [5.41, 5.74) is 1.96. The van der Waals surface area contributed by atoms with Gasteiger partial charge < -0.3 is 15.7 Å². The topological polar surface area (TPSA) is 70.1 Å². The van der Waals surface area contributed by atoms with Gasteiger partial charge in [0.1, 0.15) is 18.0 Å². The van der Waals surface area contributed by atoms with E-state index in [1.165, 1.54) is 6.33 Å². The Morgan fingerprint density at radius 2 is 2.16 bits per heavy atom. The molecule has 2 aromatic heterocycles. The van der Waals surface area contributed by atoms with Crippen LogP contribution in [0.1, 0.15) is 24.2 Å². The first-order chi connectivity index (χ1) is 9.26. The Kier molecular flexibility index (Phi) is 4.70. The maximum Gasteiger partial charge on any atom is 0.134 e. The van der Waals surface area contributed by atoms with Gasteiger partial charge in [0.05, 0.1) is 6.10 Å². The molecule has 0 aliphatic rings. The van der Waals surface area contributed by atoms with E-state index in [1.54, 1.807) is 11.3 Å². The van der Waals surface area contributed by atoms with E-state index < -0.39 is 6.10 Å². The summed E-state index contributed by atoms with van der Waals surface area (Å²) in [7, 11) is 1.84. The molecule has 5 nitrogen and oxygen atoms in total. The predicted molar refractivity (Wildman–Crippen MR) is 78.7 cm³/mol. The number of aliphatic hydroxyl groups excluding tert-OH is 1. The first kappa shape index (κ1) is 13.8. The van der Waals surface area contributed by atoms with Crippen molar-refractivity contribution in [2.75, 3.05) is 24.2 Å². The Bertz CT molecular complexity index is 515. The Balaban J connectivity index is 2.07. The molecule has 0 saturated heterocycles. The van der Waals surface area contributed by atoms with Gasteiger partial charge in [-0.25, -0.2) is 9.97 Å². The van der Waals surface area contributed by atoms with E-state index in [0.29, 0.717) is 6.54 Å². The number of hydrogen-bond acceptors (Lipinski definition) is 6. The van der Waals surface area contributed by atoms with Gasteiger partial charge in [0, 0.05) is 19.2 Å². The number of anilines is 2. The molecule has 19 heavy (non-hydrogen) atoms. The Morgan fingerprint density at radius 3 is 2.79 bits per heavy atom. The van der Waals surface area contributed by atoms with E-state index in [0.717, 1.165) is 29.2 Å². The number of aliphatic hydroxyl groups is 1. The van der Waals surface area contributed by atoms with Crippen molar-refractivity contribution < 1.29 is 5.11 Å². The highest BCUT2D eigenvalue weighted by Gasteiger charge is 2.11. The van der Waals surface area contributed by atoms with Gasteiger partial charge in [-0.2, -0.15) is 11.3 Å². The summed E-state index contributed by atoms with van der Waals surface area (Å²) in [4.78, 5) is 8.42. The molecular formula is C13H18N4OS. The van der Waals surface area contributed by atoms with Gasteiger partial charge in [0.25, 0.3) is 0 Å². The van der Waals surface area contributed by atoms with Gasteiger partial charge in [-0.1, -0.05) is 6.92 Å². The van der Waals surface area contributed by atoms with Crippen LogP contribution in [0.15, 0.2) is 23.2 Å². The lowest BCUT2D eigenvalue weighted by Crippen LogP contribution is -2.14. The lowest BCUT2D eigenvalue weighted by atomic mass is 10.2. The summed E-state index contributed by atoms with van der Waals surface area (Å²) in [6.45, 7) is 2.49. The van der Waals surface area contributed by atoms with Crippen LogP contribution in [0, 0.1) is 0 Å². The van der Waals surface area contributed by atoms with E-state index in [-0.39, 0.29) is 0 Å². The number of rotatable bonds is 6. The van der Waals surface area contributed by atoms with Crippen LogP contribution in [0.4, 0.5) is 11.6 Å². The van der Waals surface area contributed by atoms with Crippen LogP contribution < -0.4 is 10.6 Å². The summed E-state index contributed by atoms with van der Waals surface area (Å²) in [6, 6.07) is 1.93. The van der Waals surface area contributed by atoms with Crippen LogP contribution in [-0.2, 0) is 6.42 Å². The minimum atomic E-state index is -0.524. The Hall–Kier alpha value is -1.66. The zero-order chi connectivity index (χ0) is 13.7. The second-order valence-electron chi connectivity index (χ2n) is 4.11. The molecule has 0 aliphatic carbocycles. The zero-order valence-electron chi connectivity index (χ0n) is 11.1. The maximum absolute atomic E-state index is 10.0. The number of nitrogens with zero attached hydrogens (tertiary/aromatic N) is 2. The number of hydrogen-bond donors (Lipinski definition) is 3. The van der Waals surface area contributed by atoms with E-state index in [1.807, 2.05) is 23.9 Å². The summed E-state index contributed by atoms with van der Waals surface area (Å²) >= 11 is 1.58. The van der Waals surface area contributed by atoms with Crippen molar-refractivity contribution in [1.29, 1.82) is 0 Å². The van der Waals surface area contributed by atoms with Crippen molar-refractivity contribution in [3.05, 3.63) is 34.3 Å². The minimum Gasteiger partial charge on any atom is -0.387 e. The van der Waals surface area contributed by atoms with E-state index in [4.69, 9.17) is 0 Å². The third-order valence-corrected chi connectivity index (χ3v) is 3.63. The lowest BCUT2D eigenvalue weighted by Gasteiger charge is -2.15. The standard InChI is InChI=1S/C13H18N4OS/c1-3-10-12(14-2)16-8-17-13(10)15-6-11(18)9-4-5-19-7-9/h4-5,7-8,11,18H,3,6H2,1-2H3,(H2,14,15,16,17). The summed E-state index contributed by atoms with van der Waals surface area (Å²) < 4.78 is 0. The van der Waals surface area contributed by atoms with Crippen LogP contribution in [0.5, 0.6) is 0 Å². The molecule has 0 aliphatic heterocycles. The van der Waals surface area contributed by atoms with Gasteiger partial charge >= 0.3 is 0 Å². The molecule has 0 radical (unpaired) electrons. The fourth-order valence-electron chi connectivity index (χ4n) is 1.89. The smallest absolute Gasteiger partial charge is 0.134 e. The van der Waals surface area contributed by atoms with E-state index in [2.05, 4.69) is 27.5 Å². The number of thiophene rings is 1. The molecule has 0 saturated carbocycles. The molecule has 0 amide bonds. The SMILES string of the molecule is CCc1c(NC)ncnc1NCC(O)c1ccsc1. The summed E-state index contributed by atoms with van der Waals surface area (Å²) in [6.07, 6.45) is 1.82. The van der Waals surface area contributed by atoms with Gasteiger partial charge in [-0.3, -0.25) is 0 Å². The van der Waals surface area contributed by atoms with E-state index in [9.17, 15) is 5.11 Å².